The second-order valence-corrected chi connectivity index (χ2v) is 5.51. The van der Waals surface area contributed by atoms with Crippen LogP contribution in [0.15, 0.2) is 9.98 Å². The maximum atomic E-state index is 10.6. The summed E-state index contributed by atoms with van der Waals surface area (Å²) in [6.45, 7) is 0.336. The minimum Gasteiger partial charge on any atom is -0.476 e. The number of hydrogen-bond donors (Lipinski definition) is 4. The molecule has 0 rings (SSSR count). The number of hydrogen-bond acceptors (Lipinski definition) is 6. The molecule has 0 atom stereocenters. The third kappa shape index (κ3) is 10.9. The molecule has 10 heteroatoms. The zero-order valence-corrected chi connectivity index (χ0v) is 14.4. The van der Waals surface area contributed by atoms with Gasteiger partial charge in [0.15, 0.2) is 0 Å². The van der Waals surface area contributed by atoms with Crippen LogP contribution in [-0.4, -0.2) is 68.8 Å². The van der Waals surface area contributed by atoms with Crippen LogP contribution in [0, 0.1) is 0 Å². The third-order valence-electron chi connectivity index (χ3n) is 3.42. The van der Waals surface area contributed by atoms with E-state index in [0.29, 0.717) is 12.8 Å². The number of carboxylic acid groups (broad SMARTS) is 4. The van der Waals surface area contributed by atoms with Crippen molar-refractivity contribution in [2.45, 2.75) is 51.4 Å². The first-order valence-electron chi connectivity index (χ1n) is 8.29. The molecule has 0 saturated carbocycles. The first kappa shape index (κ1) is 23.2. The summed E-state index contributed by atoms with van der Waals surface area (Å²) in [5.41, 5.74) is -1.69. The molecule has 0 radical (unpaired) electrons. The largest absolute Gasteiger partial charge is 0.476 e. The highest BCUT2D eigenvalue weighted by atomic mass is 16.4. The standard InChI is InChI=1S/C16H24N2O8/c19-13(20)11(14(21)22)17-9-7-5-3-1-2-4-6-8-10-18-12(15(23)24)16(25)26/h1-10H2,(H,19,20)(H,21,22)(H,23,24)(H,25,26). The van der Waals surface area contributed by atoms with Gasteiger partial charge in [0.25, 0.3) is 0 Å². The van der Waals surface area contributed by atoms with Crippen molar-refractivity contribution >= 4 is 35.3 Å². The predicted molar refractivity (Wildman–Crippen MR) is 92.1 cm³/mol. The van der Waals surface area contributed by atoms with E-state index in [-0.39, 0.29) is 13.1 Å². The highest BCUT2D eigenvalue weighted by Crippen LogP contribution is 2.09. The van der Waals surface area contributed by atoms with Crippen LogP contribution >= 0.6 is 0 Å². The lowest BCUT2D eigenvalue weighted by molar-refractivity contribution is -0.136. The summed E-state index contributed by atoms with van der Waals surface area (Å²) in [7, 11) is 0. The number of aliphatic carboxylic acids is 4. The van der Waals surface area contributed by atoms with Gasteiger partial charge in [-0.1, -0.05) is 38.5 Å². The van der Waals surface area contributed by atoms with Crippen molar-refractivity contribution < 1.29 is 39.6 Å². The molecule has 146 valence electrons. The Labute approximate surface area is 150 Å². The van der Waals surface area contributed by atoms with Crippen LogP contribution in [0.3, 0.4) is 0 Å². The number of carboxylic acids is 4. The molecule has 10 nitrogen and oxygen atoms in total. The SMILES string of the molecule is O=C(O)C(=NCCCCCCCCCCN=C(C(=O)O)C(=O)O)C(=O)O. The lowest BCUT2D eigenvalue weighted by Gasteiger charge is -2.01. The Balaban J connectivity index is 3.69. The monoisotopic (exact) mass is 372 g/mol. The van der Waals surface area contributed by atoms with E-state index in [1.54, 1.807) is 0 Å². The molecule has 0 fully saturated rings. The first-order chi connectivity index (χ1) is 12.3. The average molecular weight is 372 g/mol. The molecule has 0 saturated heterocycles. The zero-order valence-electron chi connectivity index (χ0n) is 14.4. The van der Waals surface area contributed by atoms with E-state index >= 15 is 0 Å². The molecule has 0 bridgehead atoms. The van der Waals surface area contributed by atoms with Crippen LogP contribution in [0.5, 0.6) is 0 Å². The molecule has 0 aliphatic heterocycles. The van der Waals surface area contributed by atoms with Crippen molar-refractivity contribution in [3.63, 3.8) is 0 Å². The van der Waals surface area contributed by atoms with Crippen LogP contribution in [0.2, 0.25) is 0 Å². The fraction of sp³-hybridized carbons (Fsp3) is 0.625. The van der Waals surface area contributed by atoms with Crippen LogP contribution in [0.4, 0.5) is 0 Å². The van der Waals surface area contributed by atoms with Crippen molar-refractivity contribution in [3.05, 3.63) is 0 Å². The zero-order chi connectivity index (χ0) is 19.9. The van der Waals surface area contributed by atoms with Gasteiger partial charge in [-0.3, -0.25) is 9.98 Å². The van der Waals surface area contributed by atoms with E-state index in [2.05, 4.69) is 9.98 Å². The van der Waals surface area contributed by atoms with Crippen molar-refractivity contribution in [2.24, 2.45) is 9.98 Å². The highest BCUT2D eigenvalue weighted by Gasteiger charge is 2.18. The lowest BCUT2D eigenvalue weighted by Crippen LogP contribution is -2.23. The van der Waals surface area contributed by atoms with E-state index in [4.69, 9.17) is 20.4 Å². The molecule has 0 aromatic rings. The molecular formula is C16H24N2O8. The van der Waals surface area contributed by atoms with Gasteiger partial charge < -0.3 is 20.4 Å². The molecule has 0 aromatic carbocycles. The molecule has 4 N–H and O–H groups in total. The van der Waals surface area contributed by atoms with Gasteiger partial charge >= 0.3 is 23.9 Å². The summed E-state index contributed by atoms with van der Waals surface area (Å²) >= 11 is 0. The summed E-state index contributed by atoms with van der Waals surface area (Å²) < 4.78 is 0. The fourth-order valence-corrected chi connectivity index (χ4v) is 2.12. The van der Waals surface area contributed by atoms with Gasteiger partial charge in [0.05, 0.1) is 0 Å². The third-order valence-corrected chi connectivity index (χ3v) is 3.42. The van der Waals surface area contributed by atoms with Crippen molar-refractivity contribution in [1.82, 2.24) is 0 Å². The number of rotatable bonds is 15. The Hall–Kier alpha value is -2.78. The lowest BCUT2D eigenvalue weighted by atomic mass is 10.1. The number of carbonyl (C=O) groups is 4. The van der Waals surface area contributed by atoms with E-state index in [0.717, 1.165) is 38.5 Å². The van der Waals surface area contributed by atoms with Gasteiger partial charge in [-0.15, -0.1) is 0 Å². The summed E-state index contributed by atoms with van der Waals surface area (Å²) in [6.07, 6.45) is 6.65. The van der Waals surface area contributed by atoms with Gasteiger partial charge in [-0.2, -0.15) is 0 Å². The van der Waals surface area contributed by atoms with E-state index < -0.39 is 35.3 Å². The molecule has 0 unspecified atom stereocenters. The average Bonchev–Trinajstić information content (AvgIpc) is 2.53. The fourth-order valence-electron chi connectivity index (χ4n) is 2.12. The van der Waals surface area contributed by atoms with Crippen molar-refractivity contribution in [1.29, 1.82) is 0 Å². The van der Waals surface area contributed by atoms with E-state index in [9.17, 15) is 19.2 Å². The Morgan fingerprint density at radius 2 is 0.692 bits per heavy atom. The molecule has 0 amide bonds. The Morgan fingerprint density at radius 1 is 0.462 bits per heavy atom. The van der Waals surface area contributed by atoms with Gasteiger partial charge in [-0.05, 0) is 12.8 Å². The number of nitrogens with zero attached hydrogens (tertiary/aromatic N) is 2. The van der Waals surface area contributed by atoms with Crippen LogP contribution in [0.1, 0.15) is 51.4 Å². The second-order valence-electron chi connectivity index (χ2n) is 5.51. The quantitative estimate of drug-likeness (QED) is 0.189. The topological polar surface area (TPSA) is 174 Å². The van der Waals surface area contributed by atoms with Gasteiger partial charge in [0.1, 0.15) is 0 Å². The number of aliphatic imine (C=N–C) groups is 2. The van der Waals surface area contributed by atoms with E-state index in [1.807, 2.05) is 0 Å². The van der Waals surface area contributed by atoms with Gasteiger partial charge in [0.2, 0.25) is 11.4 Å². The molecule has 0 aliphatic carbocycles. The van der Waals surface area contributed by atoms with Crippen molar-refractivity contribution in [3.8, 4) is 0 Å². The predicted octanol–water partition coefficient (Wildman–Crippen LogP) is 1.33. The summed E-state index contributed by atoms with van der Waals surface area (Å²) in [6, 6.07) is 0. The molecule has 26 heavy (non-hydrogen) atoms. The summed E-state index contributed by atoms with van der Waals surface area (Å²) in [5, 5.41) is 34.4. The van der Waals surface area contributed by atoms with Crippen LogP contribution < -0.4 is 0 Å². The smallest absolute Gasteiger partial charge is 0.361 e. The molecule has 0 aromatic heterocycles. The molecular weight excluding hydrogens is 348 g/mol. The Kier molecular flexibility index (Phi) is 12.1. The van der Waals surface area contributed by atoms with Gasteiger partial charge in [0, 0.05) is 13.1 Å². The molecule has 0 spiro atoms. The highest BCUT2D eigenvalue weighted by molar-refractivity contribution is 6.62. The van der Waals surface area contributed by atoms with E-state index in [1.165, 1.54) is 0 Å². The minimum absolute atomic E-state index is 0.168. The second kappa shape index (κ2) is 13.5. The first-order valence-corrected chi connectivity index (χ1v) is 8.29. The van der Waals surface area contributed by atoms with Crippen LogP contribution in [0.25, 0.3) is 0 Å². The van der Waals surface area contributed by atoms with Crippen molar-refractivity contribution in [2.75, 3.05) is 13.1 Å². The minimum atomic E-state index is -1.54. The summed E-state index contributed by atoms with van der Waals surface area (Å²) in [4.78, 5) is 49.4. The normalized spacial score (nSPS) is 10.0. The van der Waals surface area contributed by atoms with Crippen LogP contribution in [-0.2, 0) is 19.2 Å². The Bertz CT molecular complexity index is 487. The maximum absolute atomic E-state index is 10.6. The Morgan fingerprint density at radius 3 is 0.923 bits per heavy atom. The molecule has 0 aliphatic rings. The van der Waals surface area contributed by atoms with Gasteiger partial charge in [-0.25, -0.2) is 19.2 Å². The maximum Gasteiger partial charge on any atom is 0.361 e. The summed E-state index contributed by atoms with van der Waals surface area (Å²) in [5.74, 6) is -6.16. The number of unbranched alkanes of at least 4 members (excludes halogenated alkanes) is 7. The molecule has 0 heterocycles.